The van der Waals surface area contributed by atoms with Crippen molar-refractivity contribution < 1.29 is 22.8 Å². The lowest BCUT2D eigenvalue weighted by Crippen LogP contribution is -2.40. The maximum absolute atomic E-state index is 12.0. The van der Waals surface area contributed by atoms with Crippen LogP contribution in [-0.4, -0.2) is 53.7 Å². The van der Waals surface area contributed by atoms with Gasteiger partial charge in [0.2, 0.25) is 5.91 Å². The van der Waals surface area contributed by atoms with Crippen LogP contribution in [0.25, 0.3) is 0 Å². The van der Waals surface area contributed by atoms with Gasteiger partial charge < -0.3 is 10.2 Å². The van der Waals surface area contributed by atoms with Crippen LogP contribution in [0.5, 0.6) is 0 Å². The van der Waals surface area contributed by atoms with E-state index in [0.717, 1.165) is 17.7 Å². The third-order valence-corrected chi connectivity index (χ3v) is 2.88. The highest BCUT2D eigenvalue weighted by atomic mass is 19.4. The Bertz CT molecular complexity index is 355. The highest BCUT2D eigenvalue weighted by molar-refractivity contribution is 5.87. The Kier molecular flexibility index (Phi) is 3.36. The maximum Gasteiger partial charge on any atom is 0.390 e. The molecular formula is C10H14F3N3O2. The number of carbonyl (C=O) groups excluding carboxylic acids is 2. The van der Waals surface area contributed by atoms with Crippen LogP contribution < -0.4 is 5.32 Å². The smallest absolute Gasteiger partial charge is 0.335 e. The zero-order valence-electron chi connectivity index (χ0n) is 9.66. The average Bonchev–Trinajstić information content (AvgIpc) is 2.97. The van der Waals surface area contributed by atoms with Crippen molar-refractivity contribution in [2.45, 2.75) is 31.5 Å². The van der Waals surface area contributed by atoms with Crippen LogP contribution in [0.1, 0.15) is 19.3 Å². The van der Waals surface area contributed by atoms with Gasteiger partial charge in [-0.2, -0.15) is 13.2 Å². The molecule has 1 saturated heterocycles. The molecule has 0 radical (unpaired) electrons. The van der Waals surface area contributed by atoms with Gasteiger partial charge in [-0.3, -0.25) is 9.69 Å². The Labute approximate surface area is 102 Å². The van der Waals surface area contributed by atoms with Gasteiger partial charge in [-0.05, 0) is 12.8 Å². The first kappa shape index (κ1) is 13.0. The van der Waals surface area contributed by atoms with Crippen molar-refractivity contribution >= 4 is 11.9 Å². The number of hydrogen-bond donors (Lipinski definition) is 1. The molecular weight excluding hydrogens is 251 g/mol. The van der Waals surface area contributed by atoms with Gasteiger partial charge in [0.15, 0.2) is 0 Å². The number of nitrogens with one attached hydrogen (secondary N) is 1. The number of urea groups is 1. The first-order valence-corrected chi connectivity index (χ1v) is 5.75. The van der Waals surface area contributed by atoms with Gasteiger partial charge >= 0.3 is 12.2 Å². The minimum atomic E-state index is -4.29. The van der Waals surface area contributed by atoms with E-state index in [9.17, 15) is 22.8 Å². The van der Waals surface area contributed by atoms with Crippen LogP contribution in [0.15, 0.2) is 0 Å². The van der Waals surface area contributed by atoms with Crippen molar-refractivity contribution in [3.05, 3.63) is 0 Å². The minimum Gasteiger partial charge on any atom is -0.335 e. The first-order chi connectivity index (χ1) is 8.35. The normalized spacial score (nSPS) is 20.5. The summed E-state index contributed by atoms with van der Waals surface area (Å²) in [6.45, 7) is -0.598. The van der Waals surface area contributed by atoms with E-state index >= 15 is 0 Å². The van der Waals surface area contributed by atoms with E-state index in [0.29, 0.717) is 0 Å². The summed E-state index contributed by atoms with van der Waals surface area (Å²) in [7, 11) is 0. The molecule has 0 spiro atoms. The van der Waals surface area contributed by atoms with E-state index in [1.165, 1.54) is 4.90 Å². The number of carbonyl (C=O) groups is 2. The van der Waals surface area contributed by atoms with Crippen LogP contribution in [0.2, 0.25) is 0 Å². The molecule has 0 aromatic rings. The molecule has 0 bridgehead atoms. The summed E-state index contributed by atoms with van der Waals surface area (Å²) < 4.78 is 36.1. The Balaban J connectivity index is 1.80. The standard InChI is InChI=1S/C10H14F3N3O2/c11-10(12,13)3-4-15-6-16(5-8(15)17)9(18)14-7-1-2-7/h7H,1-6H2,(H,14,18). The van der Waals surface area contributed by atoms with Crippen molar-refractivity contribution in [1.29, 1.82) is 0 Å². The van der Waals surface area contributed by atoms with Crippen molar-refractivity contribution in [1.82, 2.24) is 15.1 Å². The zero-order valence-corrected chi connectivity index (χ0v) is 9.66. The molecule has 2 aliphatic rings. The van der Waals surface area contributed by atoms with E-state index in [4.69, 9.17) is 0 Å². The second-order valence-corrected chi connectivity index (χ2v) is 4.59. The van der Waals surface area contributed by atoms with Gasteiger partial charge in [0.25, 0.3) is 0 Å². The molecule has 1 aliphatic heterocycles. The summed E-state index contributed by atoms with van der Waals surface area (Å²) in [5, 5.41) is 2.70. The molecule has 0 atom stereocenters. The molecule has 8 heteroatoms. The molecule has 2 fully saturated rings. The molecule has 0 unspecified atom stereocenters. The van der Waals surface area contributed by atoms with Crippen LogP contribution in [-0.2, 0) is 4.79 Å². The number of hydrogen-bond acceptors (Lipinski definition) is 2. The molecule has 5 nitrogen and oxygen atoms in total. The van der Waals surface area contributed by atoms with Crippen LogP contribution in [0, 0.1) is 0 Å². The Morgan fingerprint density at radius 3 is 2.61 bits per heavy atom. The van der Waals surface area contributed by atoms with Crippen molar-refractivity contribution in [2.75, 3.05) is 19.8 Å². The number of halogens is 3. The molecule has 3 amide bonds. The van der Waals surface area contributed by atoms with Gasteiger partial charge in [-0.15, -0.1) is 0 Å². The molecule has 2 rings (SSSR count). The summed E-state index contributed by atoms with van der Waals surface area (Å²) in [5.74, 6) is -0.440. The minimum absolute atomic E-state index is 0.0620. The van der Waals surface area contributed by atoms with E-state index in [1.807, 2.05) is 0 Å². The van der Waals surface area contributed by atoms with Crippen LogP contribution >= 0.6 is 0 Å². The Hall–Kier alpha value is -1.47. The van der Waals surface area contributed by atoms with Crippen molar-refractivity contribution in [3.8, 4) is 0 Å². The predicted molar refractivity (Wildman–Crippen MR) is 55.5 cm³/mol. The van der Waals surface area contributed by atoms with Crippen molar-refractivity contribution in [3.63, 3.8) is 0 Å². The number of amides is 3. The fourth-order valence-electron chi connectivity index (χ4n) is 1.68. The number of nitrogens with zero attached hydrogens (tertiary/aromatic N) is 2. The highest BCUT2D eigenvalue weighted by Gasteiger charge is 2.35. The summed E-state index contributed by atoms with van der Waals surface area (Å²) in [5.41, 5.74) is 0. The predicted octanol–water partition coefficient (Wildman–Crippen LogP) is 0.913. The second kappa shape index (κ2) is 4.66. The Morgan fingerprint density at radius 1 is 1.39 bits per heavy atom. The third kappa shape index (κ3) is 3.51. The van der Waals surface area contributed by atoms with Crippen LogP contribution in [0.4, 0.5) is 18.0 Å². The molecule has 0 aromatic carbocycles. The highest BCUT2D eigenvalue weighted by Crippen LogP contribution is 2.22. The quantitative estimate of drug-likeness (QED) is 0.824. The van der Waals surface area contributed by atoms with E-state index in [1.54, 1.807) is 0 Å². The topological polar surface area (TPSA) is 52.7 Å². The monoisotopic (exact) mass is 265 g/mol. The maximum atomic E-state index is 12.0. The largest absolute Gasteiger partial charge is 0.390 e. The van der Waals surface area contributed by atoms with Gasteiger partial charge in [0.1, 0.15) is 6.54 Å². The zero-order chi connectivity index (χ0) is 13.3. The van der Waals surface area contributed by atoms with Gasteiger partial charge in [0, 0.05) is 12.6 Å². The lowest BCUT2D eigenvalue weighted by Gasteiger charge is -2.19. The van der Waals surface area contributed by atoms with E-state index in [-0.39, 0.29) is 25.3 Å². The summed E-state index contributed by atoms with van der Waals surface area (Å²) in [4.78, 5) is 25.3. The van der Waals surface area contributed by atoms with Crippen LogP contribution in [0.3, 0.4) is 0 Å². The molecule has 1 aliphatic carbocycles. The first-order valence-electron chi connectivity index (χ1n) is 5.75. The fraction of sp³-hybridized carbons (Fsp3) is 0.800. The van der Waals surface area contributed by atoms with Gasteiger partial charge in [-0.1, -0.05) is 0 Å². The third-order valence-electron chi connectivity index (χ3n) is 2.88. The molecule has 1 heterocycles. The van der Waals surface area contributed by atoms with E-state index < -0.39 is 25.0 Å². The Morgan fingerprint density at radius 2 is 2.06 bits per heavy atom. The molecule has 18 heavy (non-hydrogen) atoms. The molecule has 1 N–H and O–H groups in total. The van der Waals surface area contributed by atoms with Crippen molar-refractivity contribution in [2.24, 2.45) is 0 Å². The van der Waals surface area contributed by atoms with Gasteiger partial charge in [-0.25, -0.2) is 4.79 Å². The summed E-state index contributed by atoms with van der Waals surface area (Å²) in [6, 6.07) is -0.211. The molecule has 102 valence electrons. The fourth-order valence-corrected chi connectivity index (χ4v) is 1.68. The number of alkyl halides is 3. The van der Waals surface area contributed by atoms with E-state index in [2.05, 4.69) is 5.32 Å². The lowest BCUT2D eigenvalue weighted by molar-refractivity contribution is -0.142. The second-order valence-electron chi connectivity index (χ2n) is 4.59. The average molecular weight is 265 g/mol. The molecule has 0 aromatic heterocycles. The van der Waals surface area contributed by atoms with Gasteiger partial charge in [0.05, 0.1) is 13.1 Å². The summed E-state index contributed by atoms with van der Waals surface area (Å²) in [6.07, 6.45) is -3.49. The lowest BCUT2D eigenvalue weighted by atomic mass is 10.4. The summed E-state index contributed by atoms with van der Waals surface area (Å²) >= 11 is 0. The number of rotatable bonds is 3. The SMILES string of the molecule is O=C1CN(C(=O)NC2CC2)CN1CCC(F)(F)F. The molecule has 1 saturated carbocycles.